The Hall–Kier alpha value is -1.03. The predicted octanol–water partition coefficient (Wildman–Crippen LogP) is 1.84. The molecule has 0 aromatic heterocycles. The highest BCUT2D eigenvalue weighted by molar-refractivity contribution is 7.93. The summed E-state index contributed by atoms with van der Waals surface area (Å²) >= 11 is 0. The third-order valence-corrected chi connectivity index (χ3v) is 4.58. The lowest BCUT2D eigenvalue weighted by Crippen LogP contribution is -2.28. The highest BCUT2D eigenvalue weighted by Gasteiger charge is 2.31. The van der Waals surface area contributed by atoms with E-state index in [4.69, 9.17) is 5.73 Å². The summed E-state index contributed by atoms with van der Waals surface area (Å²) in [5, 5.41) is 0. The van der Waals surface area contributed by atoms with E-state index in [-0.39, 0.29) is 4.90 Å². The van der Waals surface area contributed by atoms with Crippen LogP contribution in [0.3, 0.4) is 0 Å². The molecule has 0 fully saturated rings. The minimum absolute atomic E-state index is 0.215. The van der Waals surface area contributed by atoms with Crippen molar-refractivity contribution < 1.29 is 8.42 Å². The minimum Gasteiger partial charge on any atom is -0.398 e. The normalized spacial score (nSPS) is 12.8. The Morgan fingerprint density at radius 3 is 2.07 bits per heavy atom. The van der Waals surface area contributed by atoms with Crippen LogP contribution in [-0.4, -0.2) is 13.2 Å². The van der Waals surface area contributed by atoms with E-state index in [0.717, 1.165) is 0 Å². The number of sulfone groups is 1. The Morgan fingerprint density at radius 1 is 1.14 bits per heavy atom. The van der Waals surface area contributed by atoms with Gasteiger partial charge in [-0.05, 0) is 32.9 Å². The molecule has 0 aliphatic heterocycles. The number of nitrogens with two attached hydrogens (primary N) is 1. The maximum atomic E-state index is 12.0. The summed E-state index contributed by atoms with van der Waals surface area (Å²) in [7, 11) is -3.33. The fraction of sp³-hybridized carbons (Fsp3) is 0.400. The van der Waals surface area contributed by atoms with Gasteiger partial charge in [0.05, 0.1) is 15.3 Å². The summed E-state index contributed by atoms with van der Waals surface area (Å²) in [6, 6.07) is 6.53. The predicted molar refractivity (Wildman–Crippen MR) is 57.8 cm³/mol. The number of anilines is 1. The molecule has 1 rings (SSSR count). The highest BCUT2D eigenvalue weighted by Crippen LogP contribution is 2.28. The summed E-state index contributed by atoms with van der Waals surface area (Å²) < 4.78 is 23.2. The Balaban J connectivity index is 3.40. The van der Waals surface area contributed by atoms with Gasteiger partial charge in [0.1, 0.15) is 0 Å². The van der Waals surface area contributed by atoms with E-state index in [9.17, 15) is 8.42 Å². The van der Waals surface area contributed by atoms with E-state index in [1.54, 1.807) is 39.0 Å². The van der Waals surface area contributed by atoms with Gasteiger partial charge in [-0.3, -0.25) is 0 Å². The van der Waals surface area contributed by atoms with Crippen molar-refractivity contribution in [1.82, 2.24) is 0 Å². The lowest BCUT2D eigenvalue weighted by atomic mass is 10.3. The molecule has 0 unspecified atom stereocenters. The van der Waals surface area contributed by atoms with Crippen LogP contribution in [0.2, 0.25) is 0 Å². The number of para-hydroxylation sites is 1. The fourth-order valence-electron chi connectivity index (χ4n) is 1.06. The van der Waals surface area contributed by atoms with Crippen LogP contribution in [0, 0.1) is 0 Å². The fourth-order valence-corrected chi connectivity index (χ4v) is 2.35. The first kappa shape index (κ1) is 11.0. The van der Waals surface area contributed by atoms with Gasteiger partial charge in [0.15, 0.2) is 9.84 Å². The molecular weight excluding hydrogens is 198 g/mol. The largest absolute Gasteiger partial charge is 0.398 e. The minimum atomic E-state index is -3.33. The van der Waals surface area contributed by atoms with Crippen LogP contribution in [0.1, 0.15) is 20.8 Å². The van der Waals surface area contributed by atoms with Crippen molar-refractivity contribution in [3.8, 4) is 0 Å². The Morgan fingerprint density at radius 2 is 1.64 bits per heavy atom. The van der Waals surface area contributed by atoms with E-state index in [2.05, 4.69) is 0 Å². The van der Waals surface area contributed by atoms with Crippen LogP contribution in [0.4, 0.5) is 5.69 Å². The van der Waals surface area contributed by atoms with Crippen LogP contribution in [0.25, 0.3) is 0 Å². The molecule has 1 aromatic rings. The van der Waals surface area contributed by atoms with Crippen molar-refractivity contribution in [2.45, 2.75) is 30.4 Å². The molecule has 0 amide bonds. The van der Waals surface area contributed by atoms with Crippen LogP contribution in [-0.2, 0) is 9.84 Å². The first-order valence-electron chi connectivity index (χ1n) is 4.36. The first-order chi connectivity index (χ1) is 6.27. The van der Waals surface area contributed by atoms with Crippen molar-refractivity contribution in [2.24, 2.45) is 0 Å². The zero-order valence-electron chi connectivity index (χ0n) is 8.61. The molecule has 0 saturated heterocycles. The van der Waals surface area contributed by atoms with Gasteiger partial charge in [-0.15, -0.1) is 0 Å². The third-order valence-electron chi connectivity index (χ3n) is 2.01. The molecule has 78 valence electrons. The number of rotatable bonds is 1. The second-order valence-electron chi connectivity index (χ2n) is 4.15. The summed E-state index contributed by atoms with van der Waals surface area (Å²) in [5.74, 6) is 0. The standard InChI is InChI=1S/C10H15NO2S/c1-10(2,3)14(12,13)9-7-5-4-6-8(9)11/h4-7H,11H2,1-3H3. The van der Waals surface area contributed by atoms with Gasteiger partial charge in [0.2, 0.25) is 0 Å². The molecule has 4 heteroatoms. The second kappa shape index (κ2) is 3.28. The Labute approximate surface area is 84.9 Å². The van der Waals surface area contributed by atoms with Crippen molar-refractivity contribution >= 4 is 15.5 Å². The average molecular weight is 213 g/mol. The Kier molecular flexibility index (Phi) is 2.58. The zero-order valence-corrected chi connectivity index (χ0v) is 9.43. The number of benzene rings is 1. The summed E-state index contributed by atoms with van der Waals surface area (Å²) in [5.41, 5.74) is 5.93. The van der Waals surface area contributed by atoms with Gasteiger partial charge in [-0.2, -0.15) is 0 Å². The van der Waals surface area contributed by atoms with Crippen LogP contribution < -0.4 is 5.73 Å². The topological polar surface area (TPSA) is 60.2 Å². The van der Waals surface area contributed by atoms with Gasteiger partial charge >= 0.3 is 0 Å². The van der Waals surface area contributed by atoms with E-state index in [1.165, 1.54) is 6.07 Å². The molecule has 14 heavy (non-hydrogen) atoms. The molecule has 0 heterocycles. The molecule has 0 radical (unpaired) electrons. The number of hydrogen-bond acceptors (Lipinski definition) is 3. The molecule has 0 aliphatic carbocycles. The molecule has 0 spiro atoms. The van der Waals surface area contributed by atoms with E-state index >= 15 is 0 Å². The number of nitrogen functional groups attached to an aromatic ring is 1. The third kappa shape index (κ3) is 1.75. The van der Waals surface area contributed by atoms with Crippen molar-refractivity contribution in [3.05, 3.63) is 24.3 Å². The molecule has 0 saturated carbocycles. The average Bonchev–Trinajstić information content (AvgIpc) is 2.02. The maximum absolute atomic E-state index is 12.0. The first-order valence-corrected chi connectivity index (χ1v) is 5.84. The van der Waals surface area contributed by atoms with E-state index in [0.29, 0.717) is 5.69 Å². The smallest absolute Gasteiger partial charge is 0.185 e. The summed E-state index contributed by atoms with van der Waals surface area (Å²) in [6.07, 6.45) is 0. The van der Waals surface area contributed by atoms with Gasteiger partial charge in [0, 0.05) is 0 Å². The quantitative estimate of drug-likeness (QED) is 0.724. The zero-order chi connectivity index (χ0) is 11.0. The molecule has 0 aliphatic rings. The Bertz CT molecular complexity index is 430. The van der Waals surface area contributed by atoms with Crippen molar-refractivity contribution in [2.75, 3.05) is 5.73 Å². The van der Waals surface area contributed by atoms with Crippen LogP contribution in [0.15, 0.2) is 29.2 Å². The maximum Gasteiger partial charge on any atom is 0.185 e. The van der Waals surface area contributed by atoms with Crippen molar-refractivity contribution in [1.29, 1.82) is 0 Å². The summed E-state index contributed by atoms with van der Waals surface area (Å²) in [4.78, 5) is 0.215. The van der Waals surface area contributed by atoms with Gasteiger partial charge in [-0.25, -0.2) is 8.42 Å². The monoisotopic (exact) mass is 213 g/mol. The van der Waals surface area contributed by atoms with Crippen LogP contribution >= 0.6 is 0 Å². The van der Waals surface area contributed by atoms with Gasteiger partial charge < -0.3 is 5.73 Å². The van der Waals surface area contributed by atoms with E-state index in [1.807, 2.05) is 0 Å². The molecule has 1 aromatic carbocycles. The molecule has 3 nitrogen and oxygen atoms in total. The number of hydrogen-bond donors (Lipinski definition) is 1. The molecule has 2 N–H and O–H groups in total. The molecular formula is C10H15NO2S. The van der Waals surface area contributed by atoms with Crippen LogP contribution in [0.5, 0.6) is 0 Å². The van der Waals surface area contributed by atoms with E-state index < -0.39 is 14.6 Å². The second-order valence-corrected chi connectivity index (χ2v) is 6.83. The highest BCUT2D eigenvalue weighted by atomic mass is 32.2. The molecule has 0 bridgehead atoms. The van der Waals surface area contributed by atoms with Gasteiger partial charge in [0.25, 0.3) is 0 Å². The summed E-state index contributed by atoms with van der Waals surface area (Å²) in [6.45, 7) is 4.98. The van der Waals surface area contributed by atoms with Gasteiger partial charge in [-0.1, -0.05) is 12.1 Å². The SMILES string of the molecule is CC(C)(C)S(=O)(=O)c1ccccc1N. The lowest BCUT2D eigenvalue weighted by molar-refractivity contribution is 0.560. The molecule has 0 atom stereocenters. The van der Waals surface area contributed by atoms with Crippen molar-refractivity contribution in [3.63, 3.8) is 0 Å². The lowest BCUT2D eigenvalue weighted by Gasteiger charge is -2.20.